The van der Waals surface area contributed by atoms with Crippen LogP contribution < -0.4 is 4.90 Å². The van der Waals surface area contributed by atoms with E-state index in [1.165, 1.54) is 47.1 Å². The maximum absolute atomic E-state index is 13.5. The Bertz CT molecular complexity index is 1400. The number of aromatic nitrogens is 5. The second-order valence-corrected chi connectivity index (χ2v) is 10.6. The molecule has 0 bridgehead atoms. The third kappa shape index (κ3) is 4.79. The largest absolute Gasteiger partial charge is 0.368 e. The van der Waals surface area contributed by atoms with E-state index in [1.807, 2.05) is 13.0 Å². The Hall–Kier alpha value is -3.68. The summed E-state index contributed by atoms with van der Waals surface area (Å²) in [4.78, 5) is 22.5. The van der Waals surface area contributed by atoms with Gasteiger partial charge in [-0.2, -0.15) is 10.2 Å². The minimum absolute atomic E-state index is 0.0747. The van der Waals surface area contributed by atoms with E-state index in [-0.39, 0.29) is 18.4 Å². The van der Waals surface area contributed by atoms with E-state index in [4.69, 9.17) is 5.10 Å². The summed E-state index contributed by atoms with van der Waals surface area (Å²) in [6, 6.07) is 17.9. The van der Waals surface area contributed by atoms with Crippen LogP contribution in [0.1, 0.15) is 62.1 Å². The molecule has 1 aliphatic heterocycles. The van der Waals surface area contributed by atoms with Crippen molar-refractivity contribution in [2.45, 2.75) is 70.9 Å². The molecule has 2 aliphatic rings. The van der Waals surface area contributed by atoms with Crippen LogP contribution in [0, 0.1) is 0 Å². The molecule has 1 amide bonds. The molecule has 2 aromatic heterocycles. The Labute approximate surface area is 224 Å². The molecule has 6 rings (SSSR count). The van der Waals surface area contributed by atoms with E-state index in [2.05, 4.69) is 79.1 Å². The number of nitrogens with zero attached hydrogens (tertiary/aromatic N) is 6. The Morgan fingerprint density at radius 1 is 1.05 bits per heavy atom. The van der Waals surface area contributed by atoms with Gasteiger partial charge in [-0.25, -0.2) is 4.98 Å². The van der Waals surface area contributed by atoms with Gasteiger partial charge in [0, 0.05) is 37.1 Å². The first kappa shape index (κ1) is 24.6. The number of hydrogen-bond donors (Lipinski definition) is 1. The minimum Gasteiger partial charge on any atom is -0.368 e. The van der Waals surface area contributed by atoms with Crippen LogP contribution in [0.25, 0.3) is 10.9 Å². The number of H-pyrrole nitrogens is 1. The molecule has 8 heteroatoms. The summed E-state index contributed by atoms with van der Waals surface area (Å²) in [6.07, 6.45) is 6.50. The molecule has 1 saturated heterocycles. The molecule has 8 nitrogen and oxygen atoms in total. The number of aryl methyl sites for hydroxylation is 2. The van der Waals surface area contributed by atoms with E-state index in [0.717, 1.165) is 38.2 Å². The Kier molecular flexibility index (Phi) is 6.87. The highest BCUT2D eigenvalue weighted by Crippen LogP contribution is 2.36. The topological polar surface area (TPSA) is 82.9 Å². The van der Waals surface area contributed by atoms with Gasteiger partial charge in [-0.15, -0.1) is 0 Å². The Balaban J connectivity index is 1.26. The van der Waals surface area contributed by atoms with Gasteiger partial charge < -0.3 is 9.80 Å². The van der Waals surface area contributed by atoms with Crippen LogP contribution >= 0.6 is 0 Å². The van der Waals surface area contributed by atoms with Gasteiger partial charge in [0.05, 0.1) is 29.7 Å². The van der Waals surface area contributed by atoms with E-state index in [0.29, 0.717) is 18.4 Å². The summed E-state index contributed by atoms with van der Waals surface area (Å²) >= 11 is 0. The second-order valence-electron chi connectivity index (χ2n) is 10.6. The average molecular weight is 512 g/mol. The number of rotatable bonds is 8. The van der Waals surface area contributed by atoms with Gasteiger partial charge in [0.25, 0.3) is 0 Å². The number of hydrogen-bond acceptors (Lipinski definition) is 5. The molecular weight excluding hydrogens is 474 g/mol. The molecular formula is C30H37N7O. The van der Waals surface area contributed by atoms with Crippen molar-refractivity contribution in [2.24, 2.45) is 0 Å². The molecule has 1 N–H and O–H groups in total. The molecule has 1 atom stereocenters. The quantitative estimate of drug-likeness (QED) is 0.376. The highest BCUT2D eigenvalue weighted by Gasteiger charge is 2.32. The predicted molar refractivity (Wildman–Crippen MR) is 149 cm³/mol. The summed E-state index contributed by atoms with van der Waals surface area (Å²) in [5, 5.41) is 13.4. The number of fused-ring (bicyclic) bond motifs is 1. The van der Waals surface area contributed by atoms with Gasteiger partial charge in [0.2, 0.25) is 5.91 Å². The smallest absolute Gasteiger partial charge is 0.230 e. The molecule has 2 fully saturated rings. The number of aromatic amines is 1. The van der Waals surface area contributed by atoms with E-state index in [1.54, 1.807) is 0 Å². The van der Waals surface area contributed by atoms with Gasteiger partial charge in [-0.05, 0) is 55.9 Å². The molecule has 4 aromatic rings. The minimum atomic E-state index is 0.0747. The summed E-state index contributed by atoms with van der Waals surface area (Å²) < 4.78 is 2.28. The van der Waals surface area contributed by atoms with Crippen molar-refractivity contribution < 1.29 is 4.79 Å². The highest BCUT2D eigenvalue weighted by molar-refractivity contribution is 5.86. The van der Waals surface area contributed by atoms with Crippen molar-refractivity contribution >= 4 is 22.5 Å². The lowest BCUT2D eigenvalue weighted by Crippen LogP contribution is -2.56. The van der Waals surface area contributed by atoms with E-state index in [9.17, 15) is 4.79 Å². The van der Waals surface area contributed by atoms with Crippen molar-refractivity contribution in [2.75, 3.05) is 24.5 Å². The first-order chi connectivity index (χ1) is 18.6. The number of carbonyl (C=O) groups excluding carboxylic acids is 1. The van der Waals surface area contributed by atoms with E-state index >= 15 is 0 Å². The van der Waals surface area contributed by atoms with Gasteiger partial charge in [0.1, 0.15) is 11.6 Å². The zero-order valence-electron chi connectivity index (χ0n) is 22.4. The van der Waals surface area contributed by atoms with Crippen LogP contribution in [0.4, 0.5) is 5.69 Å². The van der Waals surface area contributed by atoms with Crippen molar-refractivity contribution in [1.29, 1.82) is 0 Å². The van der Waals surface area contributed by atoms with Crippen LogP contribution in [-0.2, 0) is 30.5 Å². The van der Waals surface area contributed by atoms with Gasteiger partial charge in [0.15, 0.2) is 0 Å². The van der Waals surface area contributed by atoms with Crippen molar-refractivity contribution in [3.05, 3.63) is 71.4 Å². The molecule has 0 unspecified atom stereocenters. The van der Waals surface area contributed by atoms with Crippen LogP contribution in [0.5, 0.6) is 0 Å². The number of amides is 1. The highest BCUT2D eigenvalue weighted by atomic mass is 16.2. The maximum atomic E-state index is 13.5. The third-order valence-electron chi connectivity index (χ3n) is 8.22. The molecule has 1 aliphatic carbocycles. The lowest BCUT2D eigenvalue weighted by atomic mass is 9.93. The Morgan fingerprint density at radius 2 is 1.89 bits per heavy atom. The zero-order chi connectivity index (χ0) is 26.1. The summed E-state index contributed by atoms with van der Waals surface area (Å²) in [5.41, 5.74) is 4.90. The number of piperazine rings is 1. The van der Waals surface area contributed by atoms with Crippen LogP contribution in [0.3, 0.4) is 0 Å². The monoisotopic (exact) mass is 511 g/mol. The van der Waals surface area contributed by atoms with Gasteiger partial charge >= 0.3 is 0 Å². The SMILES string of the molecule is CCc1n[nH]c(CC(=O)N2CCN(c3ccc4c(CC)nn(C5CCC5)c4c3)C[C@@H]2Cc2ccccc2)n1. The van der Waals surface area contributed by atoms with E-state index < -0.39 is 0 Å². The summed E-state index contributed by atoms with van der Waals surface area (Å²) in [7, 11) is 0. The lowest BCUT2D eigenvalue weighted by molar-refractivity contribution is -0.133. The standard InChI is InChI=1S/C30H37N7O/c1-3-26-25-14-13-23(18-27(25)37(34-26)22-11-8-12-22)35-15-16-36(24(20-35)17-21-9-6-5-7-10-21)30(38)19-29-31-28(4-2)32-33-29/h5-7,9-10,13-14,18,22,24H,3-4,8,11-12,15-17,19-20H2,1-2H3,(H,31,32,33)/t24-/m0/s1. The first-order valence-electron chi connectivity index (χ1n) is 14.1. The lowest BCUT2D eigenvalue weighted by Gasteiger charge is -2.42. The molecule has 0 spiro atoms. The summed E-state index contributed by atoms with van der Waals surface area (Å²) in [5.74, 6) is 1.51. The van der Waals surface area contributed by atoms with Gasteiger partial charge in [-0.1, -0.05) is 44.2 Å². The predicted octanol–water partition coefficient (Wildman–Crippen LogP) is 4.51. The normalized spacial score (nSPS) is 18.2. The van der Waals surface area contributed by atoms with Gasteiger partial charge in [-0.3, -0.25) is 14.6 Å². The number of nitrogens with one attached hydrogen (secondary N) is 1. The van der Waals surface area contributed by atoms with Crippen LogP contribution in [0.15, 0.2) is 48.5 Å². The third-order valence-corrected chi connectivity index (χ3v) is 8.22. The summed E-state index contributed by atoms with van der Waals surface area (Å²) in [6.45, 7) is 6.49. The van der Waals surface area contributed by atoms with Crippen molar-refractivity contribution in [3.8, 4) is 0 Å². The van der Waals surface area contributed by atoms with Crippen molar-refractivity contribution in [1.82, 2.24) is 29.9 Å². The molecule has 1 saturated carbocycles. The molecule has 2 aromatic carbocycles. The number of carbonyl (C=O) groups is 1. The fraction of sp³-hybridized carbons (Fsp3) is 0.467. The van der Waals surface area contributed by atoms with Crippen molar-refractivity contribution in [3.63, 3.8) is 0 Å². The average Bonchev–Trinajstić information content (AvgIpc) is 3.52. The first-order valence-corrected chi connectivity index (χ1v) is 14.1. The Morgan fingerprint density at radius 3 is 2.61 bits per heavy atom. The van der Waals surface area contributed by atoms with Crippen LogP contribution in [-0.4, -0.2) is 61.4 Å². The second kappa shape index (κ2) is 10.6. The number of anilines is 1. The number of benzene rings is 2. The van der Waals surface area contributed by atoms with Crippen LogP contribution in [0.2, 0.25) is 0 Å². The molecule has 3 heterocycles. The maximum Gasteiger partial charge on any atom is 0.230 e. The molecule has 38 heavy (non-hydrogen) atoms. The fourth-order valence-corrected chi connectivity index (χ4v) is 5.85. The fourth-order valence-electron chi connectivity index (χ4n) is 5.85. The zero-order valence-corrected chi connectivity index (χ0v) is 22.4. The molecule has 0 radical (unpaired) electrons. The molecule has 198 valence electrons.